The van der Waals surface area contributed by atoms with E-state index in [4.69, 9.17) is 9.47 Å². The van der Waals surface area contributed by atoms with E-state index in [2.05, 4.69) is 12.1 Å². The maximum atomic E-state index is 15.1. The zero-order chi connectivity index (χ0) is 20.0. The molecule has 1 heterocycles. The lowest BCUT2D eigenvalue weighted by atomic mass is 10.1. The third kappa shape index (κ3) is 2.85. The molecule has 0 spiro atoms. The van der Waals surface area contributed by atoms with Crippen molar-refractivity contribution in [3.63, 3.8) is 0 Å². The largest absolute Gasteiger partial charge is 0.493 e. The zero-order valence-corrected chi connectivity index (χ0v) is 16.0. The minimum Gasteiger partial charge on any atom is -0.493 e. The second-order valence-corrected chi connectivity index (χ2v) is 7.28. The molecule has 4 nitrogen and oxygen atoms in total. The molecule has 0 bridgehead atoms. The lowest BCUT2D eigenvalue weighted by Gasteiger charge is -2.22. The van der Waals surface area contributed by atoms with Gasteiger partial charge in [0.15, 0.2) is 11.5 Å². The topological polar surface area (TPSA) is 38.8 Å². The SMILES string of the molecule is COc1ccc(N2C(=O)c3ccccc3C2F)cc1OC1CCc2ccccc21. The van der Waals surface area contributed by atoms with Crippen molar-refractivity contribution in [1.29, 1.82) is 0 Å². The minimum atomic E-state index is -1.52. The van der Waals surface area contributed by atoms with E-state index in [0.717, 1.165) is 18.4 Å². The highest BCUT2D eigenvalue weighted by atomic mass is 19.1. The highest BCUT2D eigenvalue weighted by Gasteiger charge is 2.38. The van der Waals surface area contributed by atoms with Crippen LogP contribution < -0.4 is 14.4 Å². The summed E-state index contributed by atoms with van der Waals surface area (Å²) in [7, 11) is 1.57. The maximum Gasteiger partial charge on any atom is 0.261 e. The average molecular weight is 389 g/mol. The van der Waals surface area contributed by atoms with Crippen LogP contribution in [0.4, 0.5) is 10.1 Å². The fraction of sp³-hybridized carbons (Fsp3) is 0.208. The first-order valence-corrected chi connectivity index (χ1v) is 9.66. The summed E-state index contributed by atoms with van der Waals surface area (Å²) in [6.45, 7) is 0. The molecular weight excluding hydrogens is 369 g/mol. The average Bonchev–Trinajstić information content (AvgIpc) is 3.27. The van der Waals surface area contributed by atoms with Gasteiger partial charge in [0, 0.05) is 17.2 Å². The zero-order valence-electron chi connectivity index (χ0n) is 16.0. The summed E-state index contributed by atoms with van der Waals surface area (Å²) in [5, 5.41) is 0. The Morgan fingerprint density at radius 1 is 0.966 bits per heavy atom. The minimum absolute atomic E-state index is 0.0944. The standard InChI is InChI=1S/C24H20FNO3/c1-28-21-13-11-16(26-23(25)18-8-4-5-9-19(18)24(26)27)14-22(21)29-20-12-10-15-6-2-3-7-17(15)20/h2-9,11,13-14,20,23H,10,12H2,1H3. The molecule has 0 fully saturated rings. The molecule has 0 radical (unpaired) electrons. The van der Waals surface area contributed by atoms with Crippen LogP contribution in [0.2, 0.25) is 0 Å². The molecule has 146 valence electrons. The number of rotatable bonds is 4. The Balaban J connectivity index is 1.49. The second-order valence-electron chi connectivity index (χ2n) is 7.28. The number of nitrogens with zero attached hydrogens (tertiary/aromatic N) is 1. The molecule has 0 aromatic heterocycles. The number of amides is 1. The van der Waals surface area contributed by atoms with E-state index in [1.807, 2.05) is 12.1 Å². The van der Waals surface area contributed by atoms with Crippen LogP contribution in [0, 0.1) is 0 Å². The van der Waals surface area contributed by atoms with Gasteiger partial charge in [-0.1, -0.05) is 42.5 Å². The van der Waals surface area contributed by atoms with Gasteiger partial charge in [-0.2, -0.15) is 0 Å². The van der Waals surface area contributed by atoms with Gasteiger partial charge < -0.3 is 9.47 Å². The summed E-state index contributed by atoms with van der Waals surface area (Å²) in [6.07, 6.45) is 0.206. The van der Waals surface area contributed by atoms with Crippen LogP contribution in [-0.4, -0.2) is 13.0 Å². The molecule has 1 aliphatic carbocycles. The van der Waals surface area contributed by atoms with Crippen molar-refractivity contribution in [2.24, 2.45) is 0 Å². The van der Waals surface area contributed by atoms with Gasteiger partial charge in [0.2, 0.25) is 6.30 Å². The van der Waals surface area contributed by atoms with Crippen LogP contribution in [0.5, 0.6) is 11.5 Å². The number of hydrogen-bond donors (Lipinski definition) is 0. The highest BCUT2D eigenvalue weighted by molar-refractivity contribution is 6.10. The Morgan fingerprint density at radius 2 is 1.72 bits per heavy atom. The van der Waals surface area contributed by atoms with Crippen LogP contribution >= 0.6 is 0 Å². The van der Waals surface area contributed by atoms with Crippen molar-refractivity contribution in [2.45, 2.75) is 25.2 Å². The number of fused-ring (bicyclic) bond motifs is 2. The number of ether oxygens (including phenoxy) is 2. The first-order chi connectivity index (χ1) is 14.2. The number of aryl methyl sites for hydroxylation is 1. The summed E-state index contributed by atoms with van der Waals surface area (Å²) in [5.41, 5.74) is 3.67. The van der Waals surface area contributed by atoms with Crippen LogP contribution in [0.25, 0.3) is 0 Å². The van der Waals surface area contributed by atoms with Crippen molar-refractivity contribution in [3.05, 3.63) is 89.0 Å². The molecule has 5 rings (SSSR count). The Hall–Kier alpha value is -3.34. The van der Waals surface area contributed by atoms with E-state index < -0.39 is 6.30 Å². The Kier molecular flexibility index (Phi) is 4.23. The number of anilines is 1. The Bertz CT molecular complexity index is 1100. The maximum absolute atomic E-state index is 15.1. The molecule has 3 aromatic carbocycles. The van der Waals surface area contributed by atoms with Gasteiger partial charge >= 0.3 is 0 Å². The Labute approximate surface area is 168 Å². The van der Waals surface area contributed by atoms with Crippen LogP contribution in [0.15, 0.2) is 66.7 Å². The molecule has 29 heavy (non-hydrogen) atoms. The van der Waals surface area contributed by atoms with Gasteiger partial charge in [-0.05, 0) is 42.2 Å². The van der Waals surface area contributed by atoms with Gasteiger partial charge in [0.1, 0.15) is 6.10 Å². The van der Waals surface area contributed by atoms with Gasteiger partial charge in [-0.15, -0.1) is 0 Å². The van der Waals surface area contributed by atoms with Gasteiger partial charge in [-0.3, -0.25) is 9.69 Å². The van der Waals surface area contributed by atoms with Crippen LogP contribution in [0.3, 0.4) is 0 Å². The van der Waals surface area contributed by atoms with Gasteiger partial charge in [0.05, 0.1) is 12.8 Å². The molecule has 5 heteroatoms. The van der Waals surface area contributed by atoms with Gasteiger partial charge in [-0.25, -0.2) is 4.39 Å². The highest BCUT2D eigenvalue weighted by Crippen LogP contribution is 2.43. The van der Waals surface area contributed by atoms with E-state index in [1.54, 1.807) is 49.6 Å². The van der Waals surface area contributed by atoms with Crippen molar-refractivity contribution < 1.29 is 18.7 Å². The van der Waals surface area contributed by atoms with Crippen molar-refractivity contribution in [2.75, 3.05) is 12.0 Å². The molecule has 0 N–H and O–H groups in total. The third-order valence-corrected chi connectivity index (χ3v) is 5.67. The van der Waals surface area contributed by atoms with Crippen molar-refractivity contribution in [1.82, 2.24) is 0 Å². The van der Waals surface area contributed by atoms with E-state index in [1.165, 1.54) is 10.5 Å². The fourth-order valence-electron chi connectivity index (χ4n) is 4.22. The first-order valence-electron chi connectivity index (χ1n) is 9.66. The molecular formula is C24H20FNO3. The molecule has 0 saturated carbocycles. The number of carbonyl (C=O) groups is 1. The third-order valence-electron chi connectivity index (χ3n) is 5.67. The summed E-state index contributed by atoms with van der Waals surface area (Å²) < 4.78 is 26.8. The number of methoxy groups -OCH3 is 1. The fourth-order valence-corrected chi connectivity index (χ4v) is 4.22. The first kappa shape index (κ1) is 17.7. The lowest BCUT2D eigenvalue weighted by Crippen LogP contribution is -2.25. The van der Waals surface area contributed by atoms with Gasteiger partial charge in [0.25, 0.3) is 5.91 Å². The number of carbonyl (C=O) groups excluding carboxylic acids is 1. The summed E-state index contributed by atoms with van der Waals surface area (Å²) in [4.78, 5) is 14.0. The molecule has 1 aliphatic heterocycles. The molecule has 2 aliphatic rings. The second kappa shape index (κ2) is 6.92. The lowest BCUT2D eigenvalue weighted by molar-refractivity contribution is 0.0975. The predicted molar refractivity (Wildman–Crippen MR) is 108 cm³/mol. The Morgan fingerprint density at radius 3 is 2.52 bits per heavy atom. The normalized spacial score (nSPS) is 19.8. The van der Waals surface area contributed by atoms with E-state index in [0.29, 0.717) is 28.3 Å². The number of benzene rings is 3. The predicted octanol–water partition coefficient (Wildman–Crippen LogP) is 5.39. The monoisotopic (exact) mass is 389 g/mol. The number of hydrogen-bond acceptors (Lipinski definition) is 3. The summed E-state index contributed by atoms with van der Waals surface area (Å²) >= 11 is 0. The quantitative estimate of drug-likeness (QED) is 0.562. The van der Waals surface area contributed by atoms with Crippen LogP contribution in [-0.2, 0) is 6.42 Å². The molecule has 3 aromatic rings. The van der Waals surface area contributed by atoms with Crippen molar-refractivity contribution in [3.8, 4) is 11.5 Å². The molecule has 2 unspecified atom stereocenters. The number of halogens is 1. The number of alkyl halides is 1. The van der Waals surface area contributed by atoms with E-state index in [-0.39, 0.29) is 12.0 Å². The molecule has 0 saturated heterocycles. The summed E-state index contributed by atoms with van der Waals surface area (Å²) in [6, 6.07) is 20.1. The van der Waals surface area contributed by atoms with Crippen molar-refractivity contribution >= 4 is 11.6 Å². The van der Waals surface area contributed by atoms with E-state index in [9.17, 15) is 4.79 Å². The smallest absolute Gasteiger partial charge is 0.261 e. The van der Waals surface area contributed by atoms with E-state index >= 15 is 4.39 Å². The molecule has 2 atom stereocenters. The summed E-state index contributed by atoms with van der Waals surface area (Å²) in [5.74, 6) is 0.704. The molecule has 1 amide bonds. The van der Waals surface area contributed by atoms with Crippen LogP contribution in [0.1, 0.15) is 45.9 Å².